The van der Waals surface area contributed by atoms with Crippen LogP contribution in [0.15, 0.2) is 48.5 Å². The van der Waals surface area contributed by atoms with E-state index in [1.807, 2.05) is 24.3 Å². The summed E-state index contributed by atoms with van der Waals surface area (Å²) in [4.78, 5) is 24.0. The second kappa shape index (κ2) is 7.40. The van der Waals surface area contributed by atoms with Crippen LogP contribution in [0.3, 0.4) is 0 Å². The number of rotatable bonds is 6. The van der Waals surface area contributed by atoms with Crippen molar-refractivity contribution in [1.82, 2.24) is 0 Å². The van der Waals surface area contributed by atoms with Gasteiger partial charge in [-0.1, -0.05) is 18.2 Å². The molecule has 2 rings (SSSR count). The maximum Gasteiger partial charge on any atom is 0.271 e. The third-order valence-electron chi connectivity index (χ3n) is 3.59. The van der Waals surface area contributed by atoms with E-state index < -0.39 is 4.92 Å². The maximum atomic E-state index is 12.3. The Morgan fingerprint density at radius 1 is 1.22 bits per heavy atom. The van der Waals surface area contributed by atoms with Crippen LogP contribution in [0.4, 0.5) is 11.4 Å². The van der Waals surface area contributed by atoms with E-state index in [-0.39, 0.29) is 11.6 Å². The van der Waals surface area contributed by atoms with Crippen LogP contribution in [-0.4, -0.2) is 25.0 Å². The molecule has 0 saturated carbocycles. The molecule has 0 spiro atoms. The molecular weight excluding hydrogens is 296 g/mol. The lowest BCUT2D eigenvalue weighted by atomic mass is 10.1. The fourth-order valence-corrected chi connectivity index (χ4v) is 2.17. The van der Waals surface area contributed by atoms with E-state index in [4.69, 9.17) is 4.74 Å². The summed E-state index contributed by atoms with van der Waals surface area (Å²) in [5, 5.41) is 10.8. The lowest BCUT2D eigenvalue weighted by molar-refractivity contribution is -0.384. The predicted molar refractivity (Wildman–Crippen MR) is 87.8 cm³/mol. The van der Waals surface area contributed by atoms with Crippen molar-refractivity contribution in [3.63, 3.8) is 0 Å². The molecule has 120 valence electrons. The zero-order valence-corrected chi connectivity index (χ0v) is 13.1. The number of nitro groups is 1. The van der Waals surface area contributed by atoms with Gasteiger partial charge < -0.3 is 9.64 Å². The predicted octanol–water partition coefficient (Wildman–Crippen LogP) is 3.20. The van der Waals surface area contributed by atoms with Crippen molar-refractivity contribution in [2.24, 2.45) is 0 Å². The number of carbonyl (C=O) groups is 1. The number of ether oxygens (including phenoxy) is 1. The van der Waals surface area contributed by atoms with E-state index in [0.29, 0.717) is 18.5 Å². The van der Waals surface area contributed by atoms with Crippen molar-refractivity contribution in [3.8, 4) is 5.75 Å². The van der Waals surface area contributed by atoms with Gasteiger partial charge in [-0.3, -0.25) is 14.9 Å². The van der Waals surface area contributed by atoms with Crippen molar-refractivity contribution < 1.29 is 14.5 Å². The largest absolute Gasteiger partial charge is 0.497 e. The van der Waals surface area contributed by atoms with Crippen LogP contribution in [0.2, 0.25) is 0 Å². The monoisotopic (exact) mass is 314 g/mol. The molecule has 0 fully saturated rings. The zero-order chi connectivity index (χ0) is 16.8. The van der Waals surface area contributed by atoms with E-state index in [9.17, 15) is 14.9 Å². The number of hydrogen-bond acceptors (Lipinski definition) is 4. The number of anilines is 1. The molecule has 0 aliphatic rings. The molecule has 0 radical (unpaired) electrons. The minimum Gasteiger partial charge on any atom is -0.497 e. The molecule has 0 bridgehead atoms. The van der Waals surface area contributed by atoms with Gasteiger partial charge in [0.1, 0.15) is 5.75 Å². The molecule has 2 aromatic rings. The van der Waals surface area contributed by atoms with Crippen LogP contribution >= 0.6 is 0 Å². The Morgan fingerprint density at radius 3 is 2.52 bits per heavy atom. The average Bonchev–Trinajstić information content (AvgIpc) is 2.59. The molecule has 6 nitrogen and oxygen atoms in total. The number of amides is 1. The second-order valence-corrected chi connectivity index (χ2v) is 5.08. The van der Waals surface area contributed by atoms with Crippen LogP contribution in [0.25, 0.3) is 0 Å². The van der Waals surface area contributed by atoms with Crippen molar-refractivity contribution in [2.75, 3.05) is 19.1 Å². The van der Waals surface area contributed by atoms with Gasteiger partial charge in [0.25, 0.3) is 5.69 Å². The summed E-state index contributed by atoms with van der Waals surface area (Å²) in [6.45, 7) is 0. The van der Waals surface area contributed by atoms with Gasteiger partial charge in [-0.25, -0.2) is 0 Å². The highest BCUT2D eigenvalue weighted by Crippen LogP contribution is 2.21. The van der Waals surface area contributed by atoms with Crippen LogP contribution in [0.1, 0.15) is 12.0 Å². The maximum absolute atomic E-state index is 12.3. The highest BCUT2D eigenvalue weighted by molar-refractivity contribution is 5.93. The standard InChI is InChI=1S/C17H18N2O4/c1-18(14-4-3-5-15(12-14)19(21)22)17(20)11-8-13-6-9-16(23-2)10-7-13/h3-7,9-10,12H,8,11H2,1-2H3. The first-order valence-electron chi connectivity index (χ1n) is 7.15. The minimum absolute atomic E-state index is 0.0303. The van der Waals surface area contributed by atoms with Crippen LogP contribution < -0.4 is 9.64 Å². The molecule has 0 aliphatic carbocycles. The summed E-state index contributed by atoms with van der Waals surface area (Å²) in [6.07, 6.45) is 0.924. The van der Waals surface area contributed by atoms with Gasteiger partial charge in [-0.05, 0) is 30.2 Å². The van der Waals surface area contributed by atoms with Crippen LogP contribution in [0, 0.1) is 10.1 Å². The number of methoxy groups -OCH3 is 1. The third-order valence-corrected chi connectivity index (χ3v) is 3.59. The zero-order valence-electron chi connectivity index (χ0n) is 13.1. The van der Waals surface area contributed by atoms with E-state index in [1.54, 1.807) is 26.3 Å². The molecule has 6 heteroatoms. The van der Waals surface area contributed by atoms with E-state index >= 15 is 0 Å². The quantitative estimate of drug-likeness (QED) is 0.606. The first kappa shape index (κ1) is 16.5. The highest BCUT2D eigenvalue weighted by Gasteiger charge is 2.14. The Kier molecular flexibility index (Phi) is 5.30. The number of carbonyl (C=O) groups excluding carboxylic acids is 1. The molecular formula is C17H18N2O4. The lowest BCUT2D eigenvalue weighted by Crippen LogP contribution is -2.26. The molecule has 1 amide bonds. The number of nitrogens with zero attached hydrogens (tertiary/aromatic N) is 2. The van der Waals surface area contributed by atoms with Gasteiger partial charge in [0, 0.05) is 25.6 Å². The van der Waals surface area contributed by atoms with Crippen LogP contribution in [0.5, 0.6) is 5.75 Å². The summed E-state index contributed by atoms with van der Waals surface area (Å²) < 4.78 is 5.09. The number of nitro benzene ring substituents is 1. The fourth-order valence-electron chi connectivity index (χ4n) is 2.17. The summed E-state index contributed by atoms with van der Waals surface area (Å²) >= 11 is 0. The molecule has 0 atom stereocenters. The molecule has 0 saturated heterocycles. The van der Waals surface area contributed by atoms with Gasteiger partial charge in [0.2, 0.25) is 5.91 Å². The van der Waals surface area contributed by atoms with Gasteiger partial charge in [0.15, 0.2) is 0 Å². The normalized spacial score (nSPS) is 10.2. The summed E-state index contributed by atoms with van der Waals surface area (Å²) in [5.41, 5.74) is 1.52. The minimum atomic E-state index is -0.473. The Bertz CT molecular complexity index is 698. The fraction of sp³-hybridized carbons (Fsp3) is 0.235. The Hall–Kier alpha value is -2.89. The Labute approximate surface area is 134 Å². The van der Waals surface area contributed by atoms with Crippen LogP contribution in [-0.2, 0) is 11.2 Å². The smallest absolute Gasteiger partial charge is 0.271 e. The molecule has 23 heavy (non-hydrogen) atoms. The number of non-ortho nitro benzene ring substituents is 1. The second-order valence-electron chi connectivity index (χ2n) is 5.08. The number of benzene rings is 2. The van der Waals surface area contributed by atoms with Gasteiger partial charge in [-0.15, -0.1) is 0 Å². The van der Waals surface area contributed by atoms with E-state index in [0.717, 1.165) is 11.3 Å². The van der Waals surface area contributed by atoms with Crippen molar-refractivity contribution >= 4 is 17.3 Å². The molecule has 0 heterocycles. The van der Waals surface area contributed by atoms with Crippen molar-refractivity contribution in [1.29, 1.82) is 0 Å². The van der Waals surface area contributed by atoms with Crippen molar-refractivity contribution in [2.45, 2.75) is 12.8 Å². The Morgan fingerprint density at radius 2 is 1.91 bits per heavy atom. The highest BCUT2D eigenvalue weighted by atomic mass is 16.6. The summed E-state index contributed by atoms with van der Waals surface area (Å²) in [5.74, 6) is 0.676. The summed E-state index contributed by atoms with van der Waals surface area (Å²) in [6, 6.07) is 13.6. The third kappa shape index (κ3) is 4.29. The Balaban J connectivity index is 1.99. The molecule has 2 aromatic carbocycles. The van der Waals surface area contributed by atoms with Crippen molar-refractivity contribution in [3.05, 3.63) is 64.2 Å². The average molecular weight is 314 g/mol. The molecule has 0 unspecified atom stereocenters. The van der Waals surface area contributed by atoms with E-state index in [1.165, 1.54) is 17.0 Å². The van der Waals surface area contributed by atoms with Gasteiger partial charge in [0.05, 0.1) is 17.7 Å². The summed E-state index contributed by atoms with van der Waals surface area (Å²) in [7, 11) is 3.22. The topological polar surface area (TPSA) is 72.7 Å². The molecule has 0 aromatic heterocycles. The van der Waals surface area contributed by atoms with E-state index in [2.05, 4.69) is 0 Å². The van der Waals surface area contributed by atoms with Gasteiger partial charge >= 0.3 is 0 Å². The SMILES string of the molecule is COc1ccc(CCC(=O)N(C)c2cccc([N+](=O)[O-])c2)cc1. The molecule has 0 aliphatic heterocycles. The molecule has 0 N–H and O–H groups in total. The first-order valence-corrected chi connectivity index (χ1v) is 7.15. The lowest BCUT2D eigenvalue weighted by Gasteiger charge is -2.17. The first-order chi connectivity index (χ1) is 11.0. The number of hydrogen-bond donors (Lipinski definition) is 0. The number of aryl methyl sites for hydroxylation is 1. The van der Waals surface area contributed by atoms with Gasteiger partial charge in [-0.2, -0.15) is 0 Å².